The highest BCUT2D eigenvalue weighted by Crippen LogP contribution is 2.41. The lowest BCUT2D eigenvalue weighted by Crippen LogP contribution is -2.40. The third kappa shape index (κ3) is 3.12. The zero-order valence-corrected chi connectivity index (χ0v) is 12.9. The number of hydrogen-bond acceptors (Lipinski definition) is 2. The van der Waals surface area contributed by atoms with Crippen molar-refractivity contribution in [3.05, 3.63) is 37.0 Å². The summed E-state index contributed by atoms with van der Waals surface area (Å²) in [6.45, 7) is 12.9. The summed E-state index contributed by atoms with van der Waals surface area (Å²) >= 11 is 0. The van der Waals surface area contributed by atoms with Crippen LogP contribution in [-0.2, 0) is 0 Å². The maximum atomic E-state index is 4.99. The molecule has 19 heavy (non-hydrogen) atoms. The SMILES string of the molecule is C=CC(C)(CC)C(C)(CC)N=C1C=CC(=NC)C=C1. The van der Waals surface area contributed by atoms with Crippen molar-refractivity contribution in [3.63, 3.8) is 0 Å². The van der Waals surface area contributed by atoms with E-state index in [4.69, 9.17) is 4.99 Å². The zero-order valence-electron chi connectivity index (χ0n) is 12.9. The molecule has 2 nitrogen and oxygen atoms in total. The molecule has 0 heterocycles. The molecule has 0 bridgehead atoms. The zero-order chi connectivity index (χ0) is 14.5. The van der Waals surface area contributed by atoms with Gasteiger partial charge in [0, 0.05) is 12.5 Å². The van der Waals surface area contributed by atoms with Crippen molar-refractivity contribution in [1.82, 2.24) is 0 Å². The highest BCUT2D eigenvalue weighted by atomic mass is 14.9. The van der Waals surface area contributed by atoms with E-state index < -0.39 is 0 Å². The first kappa shape index (κ1) is 15.6. The van der Waals surface area contributed by atoms with Gasteiger partial charge in [-0.2, -0.15) is 0 Å². The minimum absolute atomic E-state index is 0.00948. The summed E-state index contributed by atoms with van der Waals surface area (Å²) in [5.41, 5.74) is 1.88. The molecule has 1 aliphatic carbocycles. The molecule has 0 aromatic heterocycles. The van der Waals surface area contributed by atoms with Gasteiger partial charge in [0.2, 0.25) is 0 Å². The number of rotatable bonds is 5. The standard InChI is InChI=1S/C17H26N2/c1-7-16(4,8-2)17(5,9-3)19-15-12-10-14(18-6)11-13-15/h7,10-13H,1,8-9H2,2-6H3. The molecule has 1 aliphatic rings. The topological polar surface area (TPSA) is 24.7 Å². The second-order valence-electron chi connectivity index (χ2n) is 5.45. The van der Waals surface area contributed by atoms with E-state index in [9.17, 15) is 0 Å². The fourth-order valence-electron chi connectivity index (χ4n) is 2.32. The van der Waals surface area contributed by atoms with Gasteiger partial charge in [-0.05, 0) is 44.1 Å². The smallest absolute Gasteiger partial charge is 0.0672 e. The monoisotopic (exact) mass is 258 g/mol. The Morgan fingerprint density at radius 2 is 1.58 bits per heavy atom. The van der Waals surface area contributed by atoms with Gasteiger partial charge in [0.15, 0.2) is 0 Å². The molecule has 0 aliphatic heterocycles. The molecule has 0 amide bonds. The molecule has 2 unspecified atom stereocenters. The molecule has 0 radical (unpaired) electrons. The van der Waals surface area contributed by atoms with Crippen LogP contribution < -0.4 is 0 Å². The summed E-state index contributed by atoms with van der Waals surface area (Å²) in [6, 6.07) is 0. The van der Waals surface area contributed by atoms with E-state index in [0.29, 0.717) is 0 Å². The van der Waals surface area contributed by atoms with Crippen LogP contribution in [0, 0.1) is 5.41 Å². The van der Waals surface area contributed by atoms with E-state index in [1.54, 1.807) is 7.05 Å². The maximum Gasteiger partial charge on any atom is 0.0672 e. The molecule has 0 saturated carbocycles. The first-order chi connectivity index (χ1) is 8.94. The normalized spacial score (nSPS) is 20.7. The molecule has 0 aromatic rings. The molecule has 1 rings (SSSR count). The average molecular weight is 258 g/mol. The molecular formula is C17H26N2. The lowest BCUT2D eigenvalue weighted by Gasteiger charge is -2.41. The summed E-state index contributed by atoms with van der Waals surface area (Å²) in [5, 5.41) is 0. The third-order valence-corrected chi connectivity index (χ3v) is 4.59. The first-order valence-corrected chi connectivity index (χ1v) is 7.01. The summed E-state index contributed by atoms with van der Waals surface area (Å²) in [5.74, 6) is 0. The van der Waals surface area contributed by atoms with Gasteiger partial charge in [-0.15, -0.1) is 6.58 Å². The average Bonchev–Trinajstić information content (AvgIpc) is 2.46. The largest absolute Gasteiger partial charge is 0.289 e. The molecule has 0 N–H and O–H groups in total. The van der Waals surface area contributed by atoms with Crippen molar-refractivity contribution < 1.29 is 0 Å². The van der Waals surface area contributed by atoms with E-state index in [1.807, 2.05) is 24.3 Å². The Bertz CT molecular complexity index is 436. The van der Waals surface area contributed by atoms with Crippen LogP contribution in [0.4, 0.5) is 0 Å². The van der Waals surface area contributed by atoms with Crippen molar-refractivity contribution in [1.29, 1.82) is 0 Å². The molecule has 0 fully saturated rings. The van der Waals surface area contributed by atoms with Crippen LogP contribution in [0.5, 0.6) is 0 Å². The fourth-order valence-corrected chi connectivity index (χ4v) is 2.32. The van der Waals surface area contributed by atoms with Gasteiger partial charge in [0.05, 0.1) is 17.0 Å². The Morgan fingerprint density at radius 1 is 1.05 bits per heavy atom. The lowest BCUT2D eigenvalue weighted by atomic mass is 9.69. The summed E-state index contributed by atoms with van der Waals surface area (Å²) < 4.78 is 0. The van der Waals surface area contributed by atoms with Gasteiger partial charge in [-0.3, -0.25) is 9.98 Å². The number of allylic oxidation sites excluding steroid dienone is 4. The Balaban J connectivity index is 3.13. The highest BCUT2D eigenvalue weighted by molar-refractivity contribution is 6.18. The van der Waals surface area contributed by atoms with Crippen LogP contribution in [0.25, 0.3) is 0 Å². The molecular weight excluding hydrogens is 232 g/mol. The van der Waals surface area contributed by atoms with Gasteiger partial charge in [0.1, 0.15) is 0 Å². The fraction of sp³-hybridized carbons (Fsp3) is 0.529. The molecule has 0 spiro atoms. The van der Waals surface area contributed by atoms with E-state index in [0.717, 1.165) is 24.3 Å². The Morgan fingerprint density at radius 3 is 1.95 bits per heavy atom. The third-order valence-electron chi connectivity index (χ3n) is 4.59. The van der Waals surface area contributed by atoms with Crippen LogP contribution in [0.1, 0.15) is 40.5 Å². The van der Waals surface area contributed by atoms with E-state index >= 15 is 0 Å². The van der Waals surface area contributed by atoms with E-state index in [-0.39, 0.29) is 11.0 Å². The summed E-state index contributed by atoms with van der Waals surface area (Å²) in [7, 11) is 1.80. The highest BCUT2D eigenvalue weighted by Gasteiger charge is 2.39. The Hall–Kier alpha value is -1.44. The van der Waals surface area contributed by atoms with Gasteiger partial charge >= 0.3 is 0 Å². The van der Waals surface area contributed by atoms with Gasteiger partial charge in [0.25, 0.3) is 0 Å². The van der Waals surface area contributed by atoms with Crippen molar-refractivity contribution >= 4 is 11.4 Å². The van der Waals surface area contributed by atoms with Crippen LogP contribution in [0.3, 0.4) is 0 Å². The number of aliphatic imine (C=N–C) groups is 2. The van der Waals surface area contributed by atoms with Gasteiger partial charge in [-0.25, -0.2) is 0 Å². The predicted molar refractivity (Wildman–Crippen MR) is 86.4 cm³/mol. The second-order valence-corrected chi connectivity index (χ2v) is 5.45. The van der Waals surface area contributed by atoms with Crippen LogP contribution >= 0.6 is 0 Å². The van der Waals surface area contributed by atoms with Gasteiger partial charge < -0.3 is 0 Å². The van der Waals surface area contributed by atoms with Crippen LogP contribution in [-0.4, -0.2) is 24.0 Å². The molecule has 0 aromatic carbocycles. The van der Waals surface area contributed by atoms with E-state index in [1.165, 1.54) is 0 Å². The molecule has 2 atom stereocenters. The molecule has 2 heteroatoms. The Kier molecular flexibility index (Phi) is 5.04. The van der Waals surface area contributed by atoms with Crippen molar-refractivity contribution in [3.8, 4) is 0 Å². The summed E-state index contributed by atoms with van der Waals surface area (Å²) in [4.78, 5) is 9.14. The summed E-state index contributed by atoms with van der Waals surface area (Å²) in [6.07, 6.45) is 12.2. The molecule has 104 valence electrons. The maximum absolute atomic E-state index is 4.99. The van der Waals surface area contributed by atoms with Crippen molar-refractivity contribution in [2.24, 2.45) is 15.4 Å². The van der Waals surface area contributed by atoms with Crippen molar-refractivity contribution in [2.45, 2.75) is 46.1 Å². The van der Waals surface area contributed by atoms with Gasteiger partial charge in [-0.1, -0.05) is 26.8 Å². The molecule has 0 saturated heterocycles. The Labute approximate surface area is 117 Å². The minimum Gasteiger partial charge on any atom is -0.289 e. The quantitative estimate of drug-likeness (QED) is 0.516. The van der Waals surface area contributed by atoms with Crippen molar-refractivity contribution in [2.75, 3.05) is 7.05 Å². The lowest BCUT2D eigenvalue weighted by molar-refractivity contribution is 0.210. The second kappa shape index (κ2) is 6.14. The predicted octanol–water partition coefficient (Wildman–Crippen LogP) is 4.40. The first-order valence-electron chi connectivity index (χ1n) is 7.01. The minimum atomic E-state index is -0.131. The van der Waals surface area contributed by atoms with E-state index in [2.05, 4.69) is 45.3 Å². The van der Waals surface area contributed by atoms with Crippen LogP contribution in [0.15, 0.2) is 46.9 Å². The number of hydrogen-bond donors (Lipinski definition) is 0. The number of nitrogens with zero attached hydrogens (tertiary/aromatic N) is 2. The van der Waals surface area contributed by atoms with Crippen LogP contribution in [0.2, 0.25) is 0 Å².